The Hall–Kier alpha value is -2.37. The summed E-state index contributed by atoms with van der Waals surface area (Å²) in [5, 5.41) is 11.8. The van der Waals surface area contributed by atoms with Crippen LogP contribution in [0.2, 0.25) is 0 Å². The van der Waals surface area contributed by atoms with Gasteiger partial charge in [0.15, 0.2) is 0 Å². The monoisotopic (exact) mass is 288 g/mol. The number of non-ortho nitro benzene ring substituents is 1. The zero-order chi connectivity index (χ0) is 15.1. The van der Waals surface area contributed by atoms with E-state index in [1.165, 1.54) is 6.07 Å². The third kappa shape index (κ3) is 1.90. The molecule has 0 saturated carbocycles. The number of ether oxygens (including phenoxy) is 1. The number of hydrogen-bond acceptors (Lipinski definition) is 4. The van der Waals surface area contributed by atoms with Gasteiger partial charge >= 0.3 is 5.97 Å². The number of esters is 1. The van der Waals surface area contributed by atoms with Crippen LogP contribution >= 0.6 is 0 Å². The zero-order valence-corrected chi connectivity index (χ0v) is 12.0. The lowest BCUT2D eigenvalue weighted by Gasteiger charge is -2.16. The van der Waals surface area contributed by atoms with Crippen molar-refractivity contribution in [3.8, 4) is 0 Å². The van der Waals surface area contributed by atoms with Crippen molar-refractivity contribution >= 4 is 22.6 Å². The lowest BCUT2D eigenvalue weighted by molar-refractivity contribution is -0.383. The molecule has 21 heavy (non-hydrogen) atoms. The highest BCUT2D eigenvalue weighted by atomic mass is 16.6. The predicted molar refractivity (Wildman–Crippen MR) is 77.6 cm³/mol. The standard InChI is InChI=1S/C15H16N2O4/c1-3-21-15(18)12-9(2)16-8-4-5-10-6-7-11(17(19)20)13(12)14(10)16/h6-7H,3-5,8H2,1-2H3. The summed E-state index contributed by atoms with van der Waals surface area (Å²) >= 11 is 0. The summed E-state index contributed by atoms with van der Waals surface area (Å²) in [6.07, 6.45) is 1.85. The van der Waals surface area contributed by atoms with Gasteiger partial charge in [-0.1, -0.05) is 6.07 Å². The van der Waals surface area contributed by atoms with Crippen LogP contribution in [0.15, 0.2) is 12.1 Å². The molecule has 0 spiro atoms. The number of aryl methyl sites for hydroxylation is 2. The normalized spacial score (nSPS) is 13.4. The van der Waals surface area contributed by atoms with Crippen LogP contribution in [0.3, 0.4) is 0 Å². The van der Waals surface area contributed by atoms with E-state index in [4.69, 9.17) is 4.74 Å². The van der Waals surface area contributed by atoms with E-state index in [0.29, 0.717) is 10.9 Å². The molecule has 1 aliphatic rings. The number of carbonyl (C=O) groups is 1. The summed E-state index contributed by atoms with van der Waals surface area (Å²) in [7, 11) is 0. The van der Waals surface area contributed by atoms with Crippen molar-refractivity contribution in [1.82, 2.24) is 4.57 Å². The van der Waals surface area contributed by atoms with Gasteiger partial charge in [-0.25, -0.2) is 4.79 Å². The first kappa shape index (κ1) is 13.6. The minimum absolute atomic E-state index is 0.0273. The van der Waals surface area contributed by atoms with Crippen LogP contribution < -0.4 is 0 Å². The molecule has 2 heterocycles. The molecular formula is C15H16N2O4. The van der Waals surface area contributed by atoms with Crippen molar-refractivity contribution in [3.63, 3.8) is 0 Å². The second-order valence-corrected chi connectivity index (χ2v) is 5.16. The number of rotatable bonds is 3. The number of hydrogen-bond donors (Lipinski definition) is 0. The molecule has 0 atom stereocenters. The van der Waals surface area contributed by atoms with Gasteiger partial charge in [0.2, 0.25) is 0 Å². The summed E-state index contributed by atoms with van der Waals surface area (Å²) in [5.74, 6) is -0.485. The molecule has 0 bridgehead atoms. The van der Waals surface area contributed by atoms with Gasteiger partial charge in [0.1, 0.15) is 0 Å². The second kappa shape index (κ2) is 4.87. The number of nitrogens with zero attached hydrogens (tertiary/aromatic N) is 2. The Morgan fingerprint density at radius 1 is 1.48 bits per heavy atom. The highest BCUT2D eigenvalue weighted by Gasteiger charge is 2.30. The summed E-state index contributed by atoms with van der Waals surface area (Å²) < 4.78 is 7.10. The molecule has 1 aromatic carbocycles. The highest BCUT2D eigenvalue weighted by Crippen LogP contribution is 2.38. The maximum Gasteiger partial charge on any atom is 0.340 e. The van der Waals surface area contributed by atoms with Gasteiger partial charge < -0.3 is 9.30 Å². The Morgan fingerprint density at radius 3 is 2.90 bits per heavy atom. The molecule has 0 N–H and O–H groups in total. The van der Waals surface area contributed by atoms with Crippen molar-refractivity contribution < 1.29 is 14.5 Å². The van der Waals surface area contributed by atoms with Crippen molar-refractivity contribution in [3.05, 3.63) is 39.1 Å². The molecular weight excluding hydrogens is 272 g/mol. The lowest BCUT2D eigenvalue weighted by Crippen LogP contribution is -2.10. The fourth-order valence-electron chi connectivity index (χ4n) is 3.18. The molecule has 0 unspecified atom stereocenters. The highest BCUT2D eigenvalue weighted by molar-refractivity contribution is 6.10. The van der Waals surface area contributed by atoms with Crippen LogP contribution in [0.1, 0.15) is 35.0 Å². The van der Waals surface area contributed by atoms with Gasteiger partial charge in [0.25, 0.3) is 5.69 Å². The molecule has 2 aromatic rings. The number of benzene rings is 1. The van der Waals surface area contributed by atoms with Crippen molar-refractivity contribution in [2.75, 3.05) is 6.61 Å². The summed E-state index contributed by atoms with van der Waals surface area (Å²) in [6, 6.07) is 3.29. The number of aromatic nitrogens is 1. The maximum absolute atomic E-state index is 12.3. The topological polar surface area (TPSA) is 74.4 Å². The molecule has 0 aliphatic carbocycles. The average Bonchev–Trinajstić information content (AvgIpc) is 2.75. The van der Waals surface area contributed by atoms with Gasteiger partial charge in [0.05, 0.1) is 28.0 Å². The van der Waals surface area contributed by atoms with E-state index in [1.807, 2.05) is 11.5 Å². The van der Waals surface area contributed by atoms with Crippen LogP contribution in [0.5, 0.6) is 0 Å². The Balaban J connectivity index is 2.42. The van der Waals surface area contributed by atoms with E-state index in [-0.39, 0.29) is 12.3 Å². The van der Waals surface area contributed by atoms with Crippen LogP contribution in [0.4, 0.5) is 5.69 Å². The first-order valence-corrected chi connectivity index (χ1v) is 7.02. The smallest absolute Gasteiger partial charge is 0.340 e. The summed E-state index contributed by atoms with van der Waals surface area (Å²) in [5.41, 5.74) is 2.93. The third-order valence-corrected chi connectivity index (χ3v) is 4.03. The molecule has 0 radical (unpaired) electrons. The van der Waals surface area contributed by atoms with E-state index in [2.05, 4.69) is 0 Å². The number of nitro benzene ring substituents is 1. The molecule has 3 rings (SSSR count). The Kier molecular flexibility index (Phi) is 3.16. The van der Waals surface area contributed by atoms with E-state index >= 15 is 0 Å². The molecule has 0 amide bonds. The summed E-state index contributed by atoms with van der Waals surface area (Å²) in [4.78, 5) is 23.2. The van der Waals surface area contributed by atoms with Crippen LogP contribution in [-0.2, 0) is 17.7 Å². The van der Waals surface area contributed by atoms with E-state index in [9.17, 15) is 14.9 Å². The summed E-state index contributed by atoms with van der Waals surface area (Å²) in [6.45, 7) is 4.57. The van der Waals surface area contributed by atoms with Crippen molar-refractivity contribution in [2.24, 2.45) is 0 Å². The Labute approximate surface area is 121 Å². The van der Waals surface area contributed by atoms with Crippen LogP contribution in [-0.4, -0.2) is 22.1 Å². The molecule has 0 saturated heterocycles. The molecule has 6 nitrogen and oxygen atoms in total. The zero-order valence-electron chi connectivity index (χ0n) is 12.0. The Morgan fingerprint density at radius 2 is 2.24 bits per heavy atom. The SMILES string of the molecule is CCOC(=O)c1c(C)n2c3c(ccc([N+](=O)[O-])c13)CCC2. The largest absolute Gasteiger partial charge is 0.462 e. The van der Waals surface area contributed by atoms with Gasteiger partial charge in [-0.15, -0.1) is 0 Å². The maximum atomic E-state index is 12.3. The second-order valence-electron chi connectivity index (χ2n) is 5.16. The van der Waals surface area contributed by atoms with E-state index in [0.717, 1.165) is 36.2 Å². The van der Waals surface area contributed by atoms with Gasteiger partial charge in [-0.2, -0.15) is 0 Å². The van der Waals surface area contributed by atoms with Crippen LogP contribution in [0, 0.1) is 17.0 Å². The first-order valence-electron chi connectivity index (χ1n) is 7.02. The fraction of sp³-hybridized carbons (Fsp3) is 0.400. The number of carbonyl (C=O) groups excluding carboxylic acids is 1. The van der Waals surface area contributed by atoms with E-state index in [1.54, 1.807) is 13.0 Å². The van der Waals surface area contributed by atoms with E-state index < -0.39 is 10.9 Å². The molecule has 1 aliphatic heterocycles. The fourth-order valence-corrected chi connectivity index (χ4v) is 3.18. The molecule has 0 fully saturated rings. The van der Waals surface area contributed by atoms with Crippen molar-refractivity contribution in [2.45, 2.75) is 33.2 Å². The average molecular weight is 288 g/mol. The lowest BCUT2D eigenvalue weighted by atomic mass is 10.0. The molecule has 6 heteroatoms. The Bertz CT molecular complexity index is 761. The predicted octanol–water partition coefficient (Wildman–Crippen LogP) is 2.98. The van der Waals surface area contributed by atoms with Gasteiger partial charge in [0, 0.05) is 18.3 Å². The number of nitro groups is 1. The third-order valence-electron chi connectivity index (χ3n) is 4.03. The molecule has 1 aromatic heterocycles. The van der Waals surface area contributed by atoms with Crippen LogP contribution in [0.25, 0.3) is 10.9 Å². The quantitative estimate of drug-likeness (QED) is 0.494. The first-order chi connectivity index (χ1) is 10.1. The minimum Gasteiger partial charge on any atom is -0.462 e. The van der Waals surface area contributed by atoms with Gasteiger partial charge in [-0.05, 0) is 32.3 Å². The van der Waals surface area contributed by atoms with Gasteiger partial charge in [-0.3, -0.25) is 10.1 Å². The van der Waals surface area contributed by atoms with Crippen molar-refractivity contribution in [1.29, 1.82) is 0 Å². The minimum atomic E-state index is -0.485. The molecule has 110 valence electrons.